The lowest BCUT2D eigenvalue weighted by atomic mass is 10.2. The first-order chi connectivity index (χ1) is 12.8. The molecule has 1 heterocycles. The van der Waals surface area contributed by atoms with Crippen LogP contribution in [0.5, 0.6) is 0 Å². The predicted octanol–water partition coefficient (Wildman–Crippen LogP) is 2.93. The number of aliphatic imine (C=N–C) groups is 1. The number of ether oxygens (including phenoxy) is 1. The Morgan fingerprint density at radius 3 is 2.62 bits per heavy atom. The van der Waals surface area contributed by atoms with E-state index in [1.54, 1.807) is 0 Å². The van der Waals surface area contributed by atoms with Gasteiger partial charge in [0.2, 0.25) is 0 Å². The van der Waals surface area contributed by atoms with Crippen LogP contribution >= 0.6 is 0 Å². The van der Waals surface area contributed by atoms with Crippen molar-refractivity contribution in [2.24, 2.45) is 10.9 Å². The number of nitrogens with one attached hydrogen (secondary N) is 2. The van der Waals surface area contributed by atoms with Gasteiger partial charge in [-0.3, -0.25) is 0 Å². The molecule has 142 valence electrons. The fourth-order valence-corrected chi connectivity index (χ4v) is 2.93. The predicted molar refractivity (Wildman–Crippen MR) is 109 cm³/mol. The zero-order chi connectivity index (χ0) is 18.0. The highest BCUT2D eigenvalue weighted by Crippen LogP contribution is 2.28. The van der Waals surface area contributed by atoms with Crippen molar-refractivity contribution in [1.82, 2.24) is 10.6 Å². The fraction of sp³-hybridized carbons (Fsp3) is 0.571. The van der Waals surface area contributed by atoms with Gasteiger partial charge in [0.25, 0.3) is 0 Å². The molecule has 5 heteroatoms. The summed E-state index contributed by atoms with van der Waals surface area (Å²) >= 11 is 0. The normalized spacial score (nSPS) is 17.0. The van der Waals surface area contributed by atoms with E-state index in [9.17, 15) is 0 Å². The van der Waals surface area contributed by atoms with E-state index >= 15 is 0 Å². The van der Waals surface area contributed by atoms with E-state index in [-0.39, 0.29) is 0 Å². The van der Waals surface area contributed by atoms with Crippen LogP contribution in [0.4, 0.5) is 5.69 Å². The minimum Gasteiger partial charge on any atom is -0.381 e. The summed E-state index contributed by atoms with van der Waals surface area (Å²) in [4.78, 5) is 7.05. The first kappa shape index (κ1) is 18.8. The van der Waals surface area contributed by atoms with Crippen molar-refractivity contribution in [2.45, 2.75) is 32.7 Å². The average molecular weight is 357 g/mol. The number of hydrogen-bond donors (Lipinski definition) is 2. The van der Waals surface area contributed by atoms with E-state index in [1.165, 1.54) is 24.1 Å². The van der Waals surface area contributed by atoms with Crippen LogP contribution in [-0.2, 0) is 11.3 Å². The molecule has 0 saturated heterocycles. The van der Waals surface area contributed by atoms with Gasteiger partial charge in [-0.25, -0.2) is 4.99 Å². The van der Waals surface area contributed by atoms with Crippen LogP contribution in [0.3, 0.4) is 0 Å². The largest absolute Gasteiger partial charge is 0.381 e. The van der Waals surface area contributed by atoms with Crippen LogP contribution in [0.25, 0.3) is 0 Å². The Morgan fingerprint density at radius 2 is 1.92 bits per heavy atom. The number of hydrogen-bond acceptors (Lipinski definition) is 3. The Bertz CT molecular complexity index is 585. The summed E-state index contributed by atoms with van der Waals surface area (Å²) in [6.07, 6.45) is 8.14. The van der Waals surface area contributed by atoms with Gasteiger partial charge >= 0.3 is 0 Å². The summed E-state index contributed by atoms with van der Waals surface area (Å²) in [5, 5.41) is 6.70. The molecule has 0 amide bonds. The van der Waals surface area contributed by atoms with Crippen molar-refractivity contribution in [3.05, 3.63) is 42.0 Å². The SMILES string of the molecule is CCNC(=NCc1ccc(N2CC=CC2)cc1)NCCCOCC1CC1. The number of benzene rings is 1. The Hall–Kier alpha value is -2.01. The Labute approximate surface area is 157 Å². The molecule has 3 rings (SSSR count). The van der Waals surface area contributed by atoms with E-state index in [1.807, 2.05) is 0 Å². The first-order valence-corrected chi connectivity index (χ1v) is 9.94. The van der Waals surface area contributed by atoms with Gasteiger partial charge in [0.15, 0.2) is 5.96 Å². The second-order valence-electron chi connectivity index (χ2n) is 7.04. The molecule has 0 atom stereocenters. The Kier molecular flexibility index (Phi) is 7.37. The number of anilines is 1. The molecule has 26 heavy (non-hydrogen) atoms. The maximum absolute atomic E-state index is 5.67. The molecule has 1 aliphatic carbocycles. The second-order valence-corrected chi connectivity index (χ2v) is 7.04. The molecular formula is C21H32N4O. The molecule has 1 aliphatic heterocycles. The molecule has 1 aromatic rings. The van der Waals surface area contributed by atoms with E-state index in [0.29, 0.717) is 6.54 Å². The van der Waals surface area contributed by atoms with E-state index in [0.717, 1.165) is 57.7 Å². The summed E-state index contributed by atoms with van der Waals surface area (Å²) in [6.45, 7) is 8.32. The third kappa shape index (κ3) is 6.37. The van der Waals surface area contributed by atoms with Gasteiger partial charge in [0, 0.05) is 45.1 Å². The maximum Gasteiger partial charge on any atom is 0.191 e. The van der Waals surface area contributed by atoms with Crippen molar-refractivity contribution in [3.63, 3.8) is 0 Å². The third-order valence-corrected chi connectivity index (χ3v) is 4.69. The second kappa shape index (κ2) is 10.2. The zero-order valence-electron chi connectivity index (χ0n) is 15.9. The zero-order valence-corrected chi connectivity index (χ0v) is 15.9. The highest BCUT2D eigenvalue weighted by Gasteiger charge is 2.20. The van der Waals surface area contributed by atoms with Crippen molar-refractivity contribution < 1.29 is 4.74 Å². The highest BCUT2D eigenvalue weighted by molar-refractivity contribution is 5.79. The van der Waals surface area contributed by atoms with Gasteiger partial charge < -0.3 is 20.3 Å². The van der Waals surface area contributed by atoms with E-state index in [4.69, 9.17) is 9.73 Å². The minimum atomic E-state index is 0.687. The average Bonchev–Trinajstić information content (AvgIpc) is 3.33. The van der Waals surface area contributed by atoms with Gasteiger partial charge in [-0.1, -0.05) is 24.3 Å². The monoisotopic (exact) mass is 356 g/mol. The number of guanidine groups is 1. The molecule has 1 fully saturated rings. The molecule has 0 unspecified atom stereocenters. The van der Waals surface area contributed by atoms with Crippen LogP contribution < -0.4 is 15.5 Å². The highest BCUT2D eigenvalue weighted by atomic mass is 16.5. The number of nitrogens with zero attached hydrogens (tertiary/aromatic N) is 2. The number of rotatable bonds is 10. The standard InChI is InChI=1S/C21H32N4O/c1-2-22-21(23-12-5-15-26-17-19-6-7-19)24-16-18-8-10-20(11-9-18)25-13-3-4-14-25/h3-4,8-11,19H,2,5-7,12-17H2,1H3,(H2,22,23,24). The van der Waals surface area contributed by atoms with E-state index < -0.39 is 0 Å². The molecule has 0 spiro atoms. The Morgan fingerprint density at radius 1 is 1.15 bits per heavy atom. The van der Waals surface area contributed by atoms with Crippen LogP contribution in [-0.4, -0.2) is 45.4 Å². The van der Waals surface area contributed by atoms with Gasteiger partial charge in [-0.15, -0.1) is 0 Å². The van der Waals surface area contributed by atoms with Crippen LogP contribution in [0, 0.1) is 5.92 Å². The van der Waals surface area contributed by atoms with Crippen LogP contribution in [0.15, 0.2) is 41.4 Å². The van der Waals surface area contributed by atoms with Gasteiger partial charge in [0.05, 0.1) is 6.54 Å². The molecule has 0 radical (unpaired) electrons. The summed E-state index contributed by atoms with van der Waals surface area (Å²) in [7, 11) is 0. The lowest BCUT2D eigenvalue weighted by Crippen LogP contribution is -2.38. The summed E-state index contributed by atoms with van der Waals surface area (Å²) in [5.41, 5.74) is 2.50. The summed E-state index contributed by atoms with van der Waals surface area (Å²) in [5.74, 6) is 1.72. The molecule has 0 aromatic heterocycles. The molecule has 2 N–H and O–H groups in total. The molecule has 2 aliphatic rings. The third-order valence-electron chi connectivity index (χ3n) is 4.69. The van der Waals surface area contributed by atoms with E-state index in [2.05, 4.69) is 58.9 Å². The molecule has 1 aromatic carbocycles. The molecule has 5 nitrogen and oxygen atoms in total. The first-order valence-electron chi connectivity index (χ1n) is 9.94. The topological polar surface area (TPSA) is 48.9 Å². The van der Waals surface area contributed by atoms with Gasteiger partial charge in [-0.05, 0) is 49.8 Å². The van der Waals surface area contributed by atoms with Crippen molar-refractivity contribution in [3.8, 4) is 0 Å². The molecular weight excluding hydrogens is 324 g/mol. The summed E-state index contributed by atoms with van der Waals surface area (Å²) < 4.78 is 5.67. The lowest BCUT2D eigenvalue weighted by molar-refractivity contribution is 0.123. The summed E-state index contributed by atoms with van der Waals surface area (Å²) in [6, 6.07) is 8.73. The smallest absolute Gasteiger partial charge is 0.191 e. The van der Waals surface area contributed by atoms with Crippen molar-refractivity contribution in [1.29, 1.82) is 0 Å². The van der Waals surface area contributed by atoms with Crippen molar-refractivity contribution in [2.75, 3.05) is 44.3 Å². The minimum absolute atomic E-state index is 0.687. The van der Waals surface area contributed by atoms with Gasteiger partial charge in [0.1, 0.15) is 0 Å². The van der Waals surface area contributed by atoms with Crippen LogP contribution in [0.2, 0.25) is 0 Å². The fourth-order valence-electron chi connectivity index (χ4n) is 2.93. The van der Waals surface area contributed by atoms with Crippen LogP contribution in [0.1, 0.15) is 31.7 Å². The maximum atomic E-state index is 5.67. The molecule has 1 saturated carbocycles. The Balaban J connectivity index is 1.39. The lowest BCUT2D eigenvalue weighted by Gasteiger charge is -2.17. The molecule has 0 bridgehead atoms. The van der Waals surface area contributed by atoms with Gasteiger partial charge in [-0.2, -0.15) is 0 Å². The van der Waals surface area contributed by atoms with Crippen molar-refractivity contribution >= 4 is 11.6 Å². The quantitative estimate of drug-likeness (QED) is 0.293.